The summed E-state index contributed by atoms with van der Waals surface area (Å²) < 4.78 is 6.56. The third-order valence-electron chi connectivity index (χ3n) is 14.7. The van der Waals surface area contributed by atoms with E-state index in [1.807, 2.05) is 0 Å². The normalized spacial score (nSPS) is 12.8. The van der Waals surface area contributed by atoms with Crippen LogP contribution in [0.15, 0.2) is 265 Å². The van der Waals surface area contributed by atoms with Gasteiger partial charge in [-0.25, -0.2) is 0 Å². The fourth-order valence-corrected chi connectivity index (χ4v) is 11.6. The lowest BCUT2D eigenvalue weighted by atomic mass is 9.70. The second-order valence-corrected chi connectivity index (χ2v) is 18.4. The van der Waals surface area contributed by atoms with E-state index in [4.69, 9.17) is 4.42 Å². The van der Waals surface area contributed by atoms with Crippen molar-refractivity contribution < 1.29 is 4.42 Å². The first kappa shape index (κ1) is 39.2. The van der Waals surface area contributed by atoms with Gasteiger partial charge in [-0.2, -0.15) is 0 Å². The number of nitrogens with zero attached hydrogens (tertiary/aromatic N) is 1. The summed E-state index contributed by atoms with van der Waals surface area (Å²) in [7, 11) is 0. The smallest absolute Gasteiger partial charge is 0.143 e. The van der Waals surface area contributed by atoms with E-state index in [9.17, 15) is 0 Å². The first-order valence-corrected chi connectivity index (χ1v) is 23.8. The highest BCUT2D eigenvalue weighted by molar-refractivity contribution is 6.10. The SMILES string of the molecule is c1ccc(-c2cccc(-c3ccc(N(c4ccc(-c5ccc6oc7c(-c8ccccc8)cccc7c6c5)cc4)c4ccc5c(c4)C4(c6ccccc6-c6ccccc64)c4ccccc4-5)cc3)c2)cc1. The Kier molecular flexibility index (Phi) is 8.84. The van der Waals surface area contributed by atoms with Gasteiger partial charge in [0.15, 0.2) is 0 Å². The van der Waals surface area contributed by atoms with Crippen LogP contribution in [-0.2, 0) is 5.41 Å². The largest absolute Gasteiger partial charge is 0.455 e. The van der Waals surface area contributed by atoms with E-state index < -0.39 is 5.41 Å². The van der Waals surface area contributed by atoms with Crippen LogP contribution in [0.1, 0.15) is 22.3 Å². The Morgan fingerprint density at radius 2 is 0.696 bits per heavy atom. The fraction of sp³-hybridized carbons (Fsp3) is 0.0149. The van der Waals surface area contributed by atoms with Crippen LogP contribution in [0.2, 0.25) is 0 Å². The Labute approximate surface area is 401 Å². The summed E-state index contributed by atoms with van der Waals surface area (Å²) in [4.78, 5) is 2.43. The van der Waals surface area contributed by atoms with E-state index in [-0.39, 0.29) is 0 Å². The maximum absolute atomic E-state index is 6.56. The number of hydrogen-bond acceptors (Lipinski definition) is 2. The maximum atomic E-state index is 6.56. The van der Waals surface area contributed by atoms with Crippen LogP contribution in [0, 0.1) is 0 Å². The van der Waals surface area contributed by atoms with Crippen molar-refractivity contribution in [3.63, 3.8) is 0 Å². The van der Waals surface area contributed by atoms with Gasteiger partial charge in [0, 0.05) is 33.4 Å². The van der Waals surface area contributed by atoms with Crippen LogP contribution < -0.4 is 4.90 Å². The van der Waals surface area contributed by atoms with Crippen molar-refractivity contribution in [1.29, 1.82) is 0 Å². The van der Waals surface area contributed by atoms with Gasteiger partial charge in [0.2, 0.25) is 0 Å². The van der Waals surface area contributed by atoms with E-state index in [1.165, 1.54) is 66.8 Å². The molecule has 14 rings (SSSR count). The summed E-state index contributed by atoms with van der Waals surface area (Å²) >= 11 is 0. The molecule has 12 aromatic rings. The van der Waals surface area contributed by atoms with Crippen molar-refractivity contribution in [2.24, 2.45) is 0 Å². The van der Waals surface area contributed by atoms with E-state index in [0.717, 1.165) is 61.3 Å². The molecule has 2 heteroatoms. The molecule has 0 atom stereocenters. The second-order valence-electron chi connectivity index (χ2n) is 18.4. The summed E-state index contributed by atoms with van der Waals surface area (Å²) in [5.41, 5.74) is 24.5. The van der Waals surface area contributed by atoms with Crippen molar-refractivity contribution in [3.05, 3.63) is 283 Å². The lowest BCUT2D eigenvalue weighted by molar-refractivity contribution is 0.670. The minimum absolute atomic E-state index is 0.448. The Morgan fingerprint density at radius 3 is 1.29 bits per heavy atom. The summed E-state index contributed by atoms with van der Waals surface area (Å²) in [5, 5.41) is 2.23. The minimum Gasteiger partial charge on any atom is -0.455 e. The van der Waals surface area contributed by atoms with Gasteiger partial charge in [-0.1, -0.05) is 206 Å². The van der Waals surface area contributed by atoms with Crippen LogP contribution in [0.25, 0.3) is 88.7 Å². The molecule has 2 aliphatic carbocycles. The third kappa shape index (κ3) is 6.06. The number of benzene rings is 11. The van der Waals surface area contributed by atoms with Gasteiger partial charge in [0.05, 0.1) is 5.41 Å². The Hall–Kier alpha value is -8.98. The summed E-state index contributed by atoms with van der Waals surface area (Å²) in [6.07, 6.45) is 0. The van der Waals surface area contributed by atoms with Crippen molar-refractivity contribution in [1.82, 2.24) is 0 Å². The monoisotopic (exact) mass is 877 g/mol. The molecule has 1 heterocycles. The summed E-state index contributed by atoms with van der Waals surface area (Å²) in [5.74, 6) is 0. The zero-order valence-corrected chi connectivity index (χ0v) is 37.7. The number of rotatable bonds is 7. The maximum Gasteiger partial charge on any atom is 0.143 e. The van der Waals surface area contributed by atoms with Crippen molar-refractivity contribution in [3.8, 4) is 66.8 Å². The fourth-order valence-electron chi connectivity index (χ4n) is 11.6. The lowest BCUT2D eigenvalue weighted by Gasteiger charge is -2.32. The van der Waals surface area contributed by atoms with Gasteiger partial charge in [0.25, 0.3) is 0 Å². The van der Waals surface area contributed by atoms with Crippen LogP contribution in [0.5, 0.6) is 0 Å². The topological polar surface area (TPSA) is 16.4 Å². The third-order valence-corrected chi connectivity index (χ3v) is 14.7. The molecule has 0 bridgehead atoms. The van der Waals surface area contributed by atoms with E-state index in [1.54, 1.807) is 0 Å². The van der Waals surface area contributed by atoms with Crippen molar-refractivity contribution in [2.45, 2.75) is 5.41 Å². The lowest BCUT2D eigenvalue weighted by Crippen LogP contribution is -2.26. The Morgan fingerprint density at radius 1 is 0.261 bits per heavy atom. The first-order valence-electron chi connectivity index (χ1n) is 23.8. The van der Waals surface area contributed by atoms with Crippen LogP contribution in [-0.4, -0.2) is 0 Å². The molecular weight excluding hydrogens is 835 g/mol. The Bertz CT molecular complexity index is 3880. The Balaban J connectivity index is 0.906. The van der Waals surface area contributed by atoms with E-state index in [2.05, 4.69) is 266 Å². The molecule has 0 saturated carbocycles. The number of furan rings is 1. The number of anilines is 3. The molecular formula is C67H43NO. The van der Waals surface area contributed by atoms with Crippen LogP contribution in [0.3, 0.4) is 0 Å². The molecule has 11 aromatic carbocycles. The minimum atomic E-state index is -0.448. The van der Waals surface area contributed by atoms with Crippen LogP contribution >= 0.6 is 0 Å². The van der Waals surface area contributed by atoms with Gasteiger partial charge in [-0.3, -0.25) is 0 Å². The molecule has 322 valence electrons. The van der Waals surface area contributed by atoms with E-state index in [0.29, 0.717) is 0 Å². The number of hydrogen-bond donors (Lipinski definition) is 0. The quantitative estimate of drug-likeness (QED) is 0.159. The number of fused-ring (bicyclic) bond motifs is 13. The molecule has 69 heavy (non-hydrogen) atoms. The number of para-hydroxylation sites is 1. The highest BCUT2D eigenvalue weighted by Gasteiger charge is 2.51. The van der Waals surface area contributed by atoms with Gasteiger partial charge in [-0.05, 0) is 138 Å². The molecule has 0 aliphatic heterocycles. The summed E-state index contributed by atoms with van der Waals surface area (Å²) in [6, 6.07) is 95.4. The summed E-state index contributed by atoms with van der Waals surface area (Å²) in [6.45, 7) is 0. The van der Waals surface area contributed by atoms with Crippen molar-refractivity contribution in [2.75, 3.05) is 4.90 Å². The van der Waals surface area contributed by atoms with Gasteiger partial charge in [-0.15, -0.1) is 0 Å². The molecule has 0 unspecified atom stereocenters. The standard InChI is InChI=1S/C67H43NO/c1-3-15-44(16-4-1)48-19-13-20-49(41-48)45-29-34-51(35-30-45)68(52-36-31-46(32-37-52)50-33-40-65-60(42-50)59-25-14-24-54(66(59)69-65)47-17-5-2-6-18-47)53-38-39-58-57-23-9-12-28-63(57)67(64(58)43-53)61-26-10-7-21-55(61)56-22-8-11-27-62(56)67/h1-43H. The molecule has 0 amide bonds. The van der Waals surface area contributed by atoms with Gasteiger partial charge >= 0.3 is 0 Å². The molecule has 0 fully saturated rings. The average molecular weight is 878 g/mol. The van der Waals surface area contributed by atoms with Crippen molar-refractivity contribution >= 4 is 39.0 Å². The van der Waals surface area contributed by atoms with Crippen LogP contribution in [0.4, 0.5) is 17.1 Å². The molecule has 0 N–H and O–H groups in total. The average Bonchev–Trinajstić information content (AvgIpc) is 4.06. The van der Waals surface area contributed by atoms with E-state index >= 15 is 0 Å². The molecule has 1 aromatic heterocycles. The predicted molar refractivity (Wildman–Crippen MR) is 286 cm³/mol. The zero-order chi connectivity index (χ0) is 45.5. The molecule has 2 nitrogen and oxygen atoms in total. The zero-order valence-electron chi connectivity index (χ0n) is 37.7. The molecule has 0 saturated heterocycles. The molecule has 0 radical (unpaired) electrons. The molecule has 1 spiro atoms. The van der Waals surface area contributed by atoms with Gasteiger partial charge < -0.3 is 9.32 Å². The van der Waals surface area contributed by atoms with Gasteiger partial charge in [0.1, 0.15) is 11.2 Å². The highest BCUT2D eigenvalue weighted by Crippen LogP contribution is 2.63. The molecule has 2 aliphatic rings. The second kappa shape index (κ2) is 15.6. The first-order chi connectivity index (χ1) is 34.2. The highest BCUT2D eigenvalue weighted by atomic mass is 16.3. The predicted octanol–water partition coefficient (Wildman–Crippen LogP) is 18.1.